The number of benzene rings is 1. The van der Waals surface area contributed by atoms with Crippen molar-refractivity contribution in [1.82, 2.24) is 10.3 Å². The van der Waals surface area contributed by atoms with Gasteiger partial charge in [-0.25, -0.2) is 9.37 Å². The molecule has 0 saturated carbocycles. The largest absolute Gasteiger partial charge is 0.508 e. The maximum Gasteiger partial charge on any atom is 0.127 e. The molecular weight excluding hydrogens is 251 g/mol. The molecule has 0 aliphatic carbocycles. The Balaban J connectivity index is 2.29. The Morgan fingerprint density at radius 1 is 1.44 bits per heavy atom. The van der Waals surface area contributed by atoms with E-state index in [4.69, 9.17) is 0 Å². The molecule has 1 unspecified atom stereocenters. The first-order valence-electron chi connectivity index (χ1n) is 5.79. The number of aromatic nitrogens is 1. The molecule has 5 heteroatoms. The fourth-order valence-electron chi connectivity index (χ4n) is 1.73. The van der Waals surface area contributed by atoms with Crippen LogP contribution in [0.2, 0.25) is 0 Å². The van der Waals surface area contributed by atoms with Crippen LogP contribution in [0.5, 0.6) is 5.75 Å². The maximum absolute atomic E-state index is 13.2. The van der Waals surface area contributed by atoms with Crippen molar-refractivity contribution in [3.8, 4) is 16.3 Å². The lowest BCUT2D eigenvalue weighted by Gasteiger charge is -2.08. The second kappa shape index (κ2) is 5.46. The minimum absolute atomic E-state index is 0.0820. The molecule has 0 saturated heterocycles. The fraction of sp³-hybridized carbons (Fsp3) is 0.308. The lowest BCUT2D eigenvalue weighted by atomic mass is 10.2. The van der Waals surface area contributed by atoms with Gasteiger partial charge in [0.05, 0.1) is 5.69 Å². The molecule has 2 aromatic rings. The highest BCUT2D eigenvalue weighted by Crippen LogP contribution is 2.29. The summed E-state index contributed by atoms with van der Waals surface area (Å²) in [4.78, 5) is 4.46. The van der Waals surface area contributed by atoms with Crippen LogP contribution < -0.4 is 5.32 Å². The molecule has 0 bridgehead atoms. The van der Waals surface area contributed by atoms with Crippen molar-refractivity contribution in [2.75, 3.05) is 6.54 Å². The number of hydrogen-bond acceptors (Lipinski definition) is 4. The minimum Gasteiger partial charge on any atom is -0.508 e. The van der Waals surface area contributed by atoms with Crippen LogP contribution in [0.4, 0.5) is 4.39 Å². The normalized spacial score (nSPS) is 12.6. The van der Waals surface area contributed by atoms with Gasteiger partial charge < -0.3 is 10.4 Å². The Morgan fingerprint density at radius 2 is 2.22 bits per heavy atom. The Bertz CT molecular complexity index is 521. The smallest absolute Gasteiger partial charge is 0.127 e. The van der Waals surface area contributed by atoms with Crippen LogP contribution in [0.15, 0.2) is 23.6 Å². The van der Waals surface area contributed by atoms with Gasteiger partial charge >= 0.3 is 0 Å². The van der Waals surface area contributed by atoms with E-state index in [1.165, 1.54) is 23.5 Å². The quantitative estimate of drug-likeness (QED) is 0.892. The Labute approximate surface area is 109 Å². The summed E-state index contributed by atoms with van der Waals surface area (Å²) in [6, 6.07) is 4.14. The zero-order chi connectivity index (χ0) is 13.1. The molecule has 0 aliphatic heterocycles. The maximum atomic E-state index is 13.2. The van der Waals surface area contributed by atoms with E-state index in [2.05, 4.69) is 10.3 Å². The second-order valence-corrected chi connectivity index (χ2v) is 4.91. The van der Waals surface area contributed by atoms with Crippen LogP contribution in [0.1, 0.15) is 25.6 Å². The van der Waals surface area contributed by atoms with Crippen LogP contribution in [0.25, 0.3) is 10.6 Å². The predicted molar refractivity (Wildman–Crippen MR) is 71.3 cm³/mol. The summed E-state index contributed by atoms with van der Waals surface area (Å²) in [5, 5.41) is 15.3. The topological polar surface area (TPSA) is 45.1 Å². The van der Waals surface area contributed by atoms with Crippen molar-refractivity contribution in [1.29, 1.82) is 0 Å². The van der Waals surface area contributed by atoms with Crippen molar-refractivity contribution in [2.45, 2.75) is 19.9 Å². The molecule has 0 radical (unpaired) electrons. The molecule has 0 spiro atoms. The lowest BCUT2D eigenvalue weighted by Crippen LogP contribution is -2.17. The number of phenols is 1. The molecule has 1 heterocycles. The van der Waals surface area contributed by atoms with E-state index in [0.717, 1.165) is 18.3 Å². The van der Waals surface area contributed by atoms with Gasteiger partial charge in [-0.2, -0.15) is 0 Å². The third-order valence-corrected chi connectivity index (χ3v) is 3.51. The summed E-state index contributed by atoms with van der Waals surface area (Å²) in [6.45, 7) is 4.94. The number of rotatable bonds is 4. The Hall–Kier alpha value is -1.46. The zero-order valence-electron chi connectivity index (χ0n) is 10.3. The van der Waals surface area contributed by atoms with Gasteiger partial charge in [-0.1, -0.05) is 6.92 Å². The van der Waals surface area contributed by atoms with E-state index in [0.29, 0.717) is 10.6 Å². The van der Waals surface area contributed by atoms with Crippen LogP contribution in [0, 0.1) is 5.82 Å². The molecule has 1 aromatic heterocycles. The zero-order valence-corrected chi connectivity index (χ0v) is 11.1. The fourth-order valence-corrected chi connectivity index (χ4v) is 2.63. The molecule has 0 aliphatic rings. The summed E-state index contributed by atoms with van der Waals surface area (Å²) in [7, 11) is 0. The summed E-state index contributed by atoms with van der Waals surface area (Å²) in [6.07, 6.45) is 0. The van der Waals surface area contributed by atoms with Gasteiger partial charge in [-0.3, -0.25) is 0 Å². The minimum atomic E-state index is -0.457. The molecule has 96 valence electrons. The van der Waals surface area contributed by atoms with Crippen molar-refractivity contribution in [3.63, 3.8) is 0 Å². The first-order chi connectivity index (χ1) is 8.60. The monoisotopic (exact) mass is 266 g/mol. The number of nitrogens with zero attached hydrogens (tertiary/aromatic N) is 1. The second-order valence-electron chi connectivity index (χ2n) is 4.05. The van der Waals surface area contributed by atoms with E-state index in [-0.39, 0.29) is 11.8 Å². The first kappa shape index (κ1) is 13.0. The molecule has 1 aromatic carbocycles. The molecule has 2 N–H and O–H groups in total. The molecule has 1 atom stereocenters. The van der Waals surface area contributed by atoms with E-state index in [1.807, 2.05) is 19.2 Å². The van der Waals surface area contributed by atoms with E-state index in [1.54, 1.807) is 0 Å². The average molecular weight is 266 g/mol. The van der Waals surface area contributed by atoms with Crippen LogP contribution in [0.3, 0.4) is 0 Å². The number of hydrogen-bond donors (Lipinski definition) is 2. The number of phenolic OH excluding ortho intramolecular Hbond substituents is 1. The molecule has 18 heavy (non-hydrogen) atoms. The van der Waals surface area contributed by atoms with Crippen molar-refractivity contribution in [3.05, 3.63) is 35.1 Å². The standard InChI is InChI=1S/C13H15FN2OS/c1-3-15-8(2)12-7-18-13(16-12)9-4-10(14)6-11(17)5-9/h4-8,15,17H,3H2,1-2H3. The van der Waals surface area contributed by atoms with Gasteiger partial charge in [0.15, 0.2) is 0 Å². The molecule has 2 rings (SSSR count). The first-order valence-corrected chi connectivity index (χ1v) is 6.67. The van der Waals surface area contributed by atoms with Crippen molar-refractivity contribution in [2.24, 2.45) is 0 Å². The highest BCUT2D eigenvalue weighted by atomic mass is 32.1. The van der Waals surface area contributed by atoms with Gasteiger partial charge in [0.25, 0.3) is 0 Å². The Kier molecular flexibility index (Phi) is 3.93. The van der Waals surface area contributed by atoms with E-state index >= 15 is 0 Å². The summed E-state index contributed by atoms with van der Waals surface area (Å²) in [5.74, 6) is -0.539. The van der Waals surface area contributed by atoms with E-state index in [9.17, 15) is 9.50 Å². The number of thiazole rings is 1. The lowest BCUT2D eigenvalue weighted by molar-refractivity contribution is 0.469. The SMILES string of the molecule is CCNC(C)c1csc(-c2cc(O)cc(F)c2)n1. The van der Waals surface area contributed by atoms with Gasteiger partial charge in [0.2, 0.25) is 0 Å². The van der Waals surface area contributed by atoms with Gasteiger partial charge in [-0.05, 0) is 25.6 Å². The van der Waals surface area contributed by atoms with Crippen molar-refractivity contribution < 1.29 is 9.50 Å². The van der Waals surface area contributed by atoms with Gasteiger partial charge in [-0.15, -0.1) is 11.3 Å². The van der Waals surface area contributed by atoms with E-state index < -0.39 is 5.82 Å². The van der Waals surface area contributed by atoms with Crippen LogP contribution in [-0.4, -0.2) is 16.6 Å². The summed E-state index contributed by atoms with van der Waals surface area (Å²) < 4.78 is 13.2. The predicted octanol–water partition coefficient (Wildman–Crippen LogP) is 3.33. The summed E-state index contributed by atoms with van der Waals surface area (Å²) >= 11 is 1.45. The van der Waals surface area contributed by atoms with Crippen molar-refractivity contribution >= 4 is 11.3 Å². The number of aromatic hydroxyl groups is 1. The number of nitrogens with one attached hydrogen (secondary N) is 1. The van der Waals surface area contributed by atoms with Gasteiger partial charge in [0.1, 0.15) is 16.6 Å². The van der Waals surface area contributed by atoms with Crippen LogP contribution >= 0.6 is 11.3 Å². The third kappa shape index (κ3) is 2.86. The highest BCUT2D eigenvalue weighted by Gasteiger charge is 2.11. The molecule has 3 nitrogen and oxygen atoms in total. The Morgan fingerprint density at radius 3 is 2.89 bits per heavy atom. The third-order valence-electron chi connectivity index (χ3n) is 2.61. The highest BCUT2D eigenvalue weighted by molar-refractivity contribution is 7.13. The summed E-state index contributed by atoms with van der Waals surface area (Å²) in [5.41, 5.74) is 1.54. The van der Waals surface area contributed by atoms with Crippen LogP contribution in [-0.2, 0) is 0 Å². The molecule has 0 amide bonds. The molecule has 0 fully saturated rings. The molecular formula is C13H15FN2OS. The average Bonchev–Trinajstić information content (AvgIpc) is 2.77. The number of halogens is 1. The van der Waals surface area contributed by atoms with Gasteiger partial charge in [0, 0.05) is 23.1 Å².